The average Bonchev–Trinajstić information content (AvgIpc) is 2.54. The molecule has 130 valence electrons. The van der Waals surface area contributed by atoms with Crippen molar-refractivity contribution in [1.29, 1.82) is 0 Å². The second-order valence-electron chi connectivity index (χ2n) is 6.24. The summed E-state index contributed by atoms with van der Waals surface area (Å²) in [4.78, 5) is 17.6. The number of aliphatic hydroxyl groups excluding tert-OH is 1. The topological polar surface area (TPSA) is 77.8 Å². The summed E-state index contributed by atoms with van der Waals surface area (Å²) >= 11 is 0. The highest BCUT2D eigenvalue weighted by Crippen LogP contribution is 2.35. The molecule has 1 atom stereocenters. The molecule has 2 rings (SSSR count). The Balaban J connectivity index is 1.84. The van der Waals surface area contributed by atoms with Crippen LogP contribution in [0.4, 0.5) is 0 Å². The number of hydrogen-bond donors (Lipinski definition) is 3. The Kier molecular flexibility index (Phi) is 6.76. The zero-order chi connectivity index (χ0) is 17.6. The van der Waals surface area contributed by atoms with Gasteiger partial charge in [0.1, 0.15) is 0 Å². The van der Waals surface area contributed by atoms with E-state index in [9.17, 15) is 9.67 Å². The Morgan fingerprint density at radius 2 is 1.42 bits per heavy atom. The van der Waals surface area contributed by atoms with E-state index in [0.29, 0.717) is 19.3 Å². The summed E-state index contributed by atoms with van der Waals surface area (Å²) in [5, 5.41) is 10.2. The number of aliphatic hydroxyl groups is 1. The normalized spacial score (nSPS) is 13.0. The van der Waals surface area contributed by atoms with E-state index in [4.69, 9.17) is 9.79 Å². The highest BCUT2D eigenvalue weighted by atomic mass is 31.2. The maximum atomic E-state index is 10.8. The first-order chi connectivity index (χ1) is 11.3. The lowest BCUT2D eigenvalue weighted by atomic mass is 9.99. The van der Waals surface area contributed by atoms with Crippen molar-refractivity contribution in [3.8, 4) is 11.1 Å². The fourth-order valence-electron chi connectivity index (χ4n) is 2.64. The fourth-order valence-corrected chi connectivity index (χ4v) is 3.28. The van der Waals surface area contributed by atoms with Crippen LogP contribution in [0.2, 0.25) is 0 Å². The molecule has 0 bridgehead atoms. The van der Waals surface area contributed by atoms with Gasteiger partial charge < -0.3 is 14.9 Å². The third-order valence-electron chi connectivity index (χ3n) is 4.11. The van der Waals surface area contributed by atoms with Gasteiger partial charge in [0, 0.05) is 6.16 Å². The van der Waals surface area contributed by atoms with Crippen molar-refractivity contribution in [3.63, 3.8) is 0 Å². The number of unbranched alkanes of at least 4 members (excludes halogenated alkanes) is 2. The molecule has 4 nitrogen and oxygen atoms in total. The standard InChI is InChI=1S/C19H25O4P/c1-15-6-8-16(9-7-15)17-10-12-18(13-11-17)19(20)5-3-2-4-14-24(21,22)23/h6-13,19-20H,2-5,14H2,1H3,(H2,21,22,23). The quantitative estimate of drug-likeness (QED) is 0.487. The highest BCUT2D eigenvalue weighted by molar-refractivity contribution is 7.51. The second kappa shape index (κ2) is 8.59. The lowest BCUT2D eigenvalue weighted by Gasteiger charge is -2.12. The molecule has 0 aliphatic heterocycles. The molecule has 1 unspecified atom stereocenters. The lowest BCUT2D eigenvalue weighted by molar-refractivity contribution is 0.163. The van der Waals surface area contributed by atoms with E-state index in [0.717, 1.165) is 23.1 Å². The van der Waals surface area contributed by atoms with Gasteiger partial charge in [-0.2, -0.15) is 0 Å². The molecule has 0 spiro atoms. The molecule has 0 aliphatic carbocycles. The van der Waals surface area contributed by atoms with Crippen LogP contribution in [0.1, 0.15) is 42.9 Å². The highest BCUT2D eigenvalue weighted by Gasteiger charge is 2.12. The van der Waals surface area contributed by atoms with E-state index >= 15 is 0 Å². The maximum absolute atomic E-state index is 10.8. The number of aryl methyl sites for hydroxylation is 1. The molecule has 0 aliphatic rings. The van der Waals surface area contributed by atoms with Gasteiger partial charge in [-0.3, -0.25) is 4.57 Å². The van der Waals surface area contributed by atoms with Crippen molar-refractivity contribution in [2.75, 3.05) is 6.16 Å². The van der Waals surface area contributed by atoms with Crippen LogP contribution >= 0.6 is 7.60 Å². The van der Waals surface area contributed by atoms with E-state index in [1.165, 1.54) is 5.56 Å². The molecule has 2 aromatic rings. The van der Waals surface area contributed by atoms with Crippen LogP contribution in [0.15, 0.2) is 48.5 Å². The average molecular weight is 348 g/mol. The summed E-state index contributed by atoms with van der Waals surface area (Å²) in [6.07, 6.45) is 1.94. The minimum absolute atomic E-state index is 0.0751. The Morgan fingerprint density at radius 1 is 0.875 bits per heavy atom. The lowest BCUT2D eigenvalue weighted by Crippen LogP contribution is -1.98. The van der Waals surface area contributed by atoms with Crippen LogP contribution in [-0.4, -0.2) is 21.1 Å². The SMILES string of the molecule is Cc1ccc(-c2ccc(C(O)CCCCCP(=O)(O)O)cc2)cc1. The first-order valence-electron chi connectivity index (χ1n) is 8.25. The molecule has 3 N–H and O–H groups in total. The molecule has 0 saturated carbocycles. The second-order valence-corrected chi connectivity index (χ2v) is 8.02. The van der Waals surface area contributed by atoms with Crippen LogP contribution in [0, 0.1) is 6.92 Å². The predicted molar refractivity (Wildman–Crippen MR) is 97.0 cm³/mol. The van der Waals surface area contributed by atoms with Gasteiger partial charge in [-0.1, -0.05) is 66.9 Å². The molecule has 0 amide bonds. The van der Waals surface area contributed by atoms with Crippen molar-refractivity contribution >= 4 is 7.60 Å². The minimum Gasteiger partial charge on any atom is -0.388 e. The molecule has 5 heteroatoms. The number of benzene rings is 2. The smallest absolute Gasteiger partial charge is 0.325 e. The predicted octanol–water partition coefficient (Wildman–Crippen LogP) is 4.43. The van der Waals surface area contributed by atoms with Crippen molar-refractivity contribution in [3.05, 3.63) is 59.7 Å². The van der Waals surface area contributed by atoms with Crippen LogP contribution in [0.25, 0.3) is 11.1 Å². The Morgan fingerprint density at radius 3 is 1.96 bits per heavy atom. The fraction of sp³-hybridized carbons (Fsp3) is 0.368. The van der Waals surface area contributed by atoms with Crippen LogP contribution in [0.5, 0.6) is 0 Å². The summed E-state index contributed by atoms with van der Waals surface area (Å²) in [6.45, 7) is 2.06. The van der Waals surface area contributed by atoms with Crippen LogP contribution in [-0.2, 0) is 4.57 Å². The molecular weight excluding hydrogens is 323 g/mol. The molecule has 0 radical (unpaired) electrons. The largest absolute Gasteiger partial charge is 0.388 e. The van der Waals surface area contributed by atoms with E-state index in [1.54, 1.807) is 0 Å². The van der Waals surface area contributed by atoms with E-state index < -0.39 is 13.7 Å². The minimum atomic E-state index is -3.89. The third kappa shape index (κ3) is 6.21. The summed E-state index contributed by atoms with van der Waals surface area (Å²) in [5.41, 5.74) is 4.37. The van der Waals surface area contributed by atoms with Gasteiger partial charge in [-0.15, -0.1) is 0 Å². The Hall–Kier alpha value is -1.45. The zero-order valence-electron chi connectivity index (χ0n) is 13.9. The monoisotopic (exact) mass is 348 g/mol. The van der Waals surface area contributed by atoms with Crippen molar-refractivity contribution < 1.29 is 19.5 Å². The first kappa shape index (κ1) is 18.9. The molecule has 0 heterocycles. The van der Waals surface area contributed by atoms with Crippen molar-refractivity contribution in [1.82, 2.24) is 0 Å². The van der Waals surface area contributed by atoms with Gasteiger partial charge >= 0.3 is 7.60 Å². The van der Waals surface area contributed by atoms with Gasteiger partial charge in [0.2, 0.25) is 0 Å². The Bertz CT molecular complexity index is 674. The molecule has 0 saturated heterocycles. The summed E-state index contributed by atoms with van der Waals surface area (Å²) in [7, 11) is -3.89. The van der Waals surface area contributed by atoms with Crippen molar-refractivity contribution in [2.24, 2.45) is 0 Å². The summed E-state index contributed by atoms with van der Waals surface area (Å²) in [6, 6.07) is 16.2. The van der Waals surface area contributed by atoms with E-state index in [1.807, 2.05) is 24.3 Å². The summed E-state index contributed by atoms with van der Waals surface area (Å²) < 4.78 is 10.8. The van der Waals surface area contributed by atoms with Crippen LogP contribution in [0.3, 0.4) is 0 Å². The molecule has 0 aromatic heterocycles. The number of rotatable bonds is 8. The third-order valence-corrected chi connectivity index (χ3v) is 5.01. The van der Waals surface area contributed by atoms with Gasteiger partial charge in [0.05, 0.1) is 6.10 Å². The number of hydrogen-bond acceptors (Lipinski definition) is 2. The molecule has 0 fully saturated rings. The van der Waals surface area contributed by atoms with Crippen molar-refractivity contribution in [2.45, 2.75) is 38.7 Å². The molecule has 2 aromatic carbocycles. The maximum Gasteiger partial charge on any atom is 0.325 e. The summed E-state index contributed by atoms with van der Waals surface area (Å²) in [5.74, 6) is 0. The van der Waals surface area contributed by atoms with Gasteiger partial charge in [-0.25, -0.2) is 0 Å². The zero-order valence-corrected chi connectivity index (χ0v) is 14.8. The molecular formula is C19H25O4P. The van der Waals surface area contributed by atoms with Crippen LogP contribution < -0.4 is 0 Å². The first-order valence-corrected chi connectivity index (χ1v) is 10.0. The van der Waals surface area contributed by atoms with Gasteiger partial charge in [0.15, 0.2) is 0 Å². The van der Waals surface area contributed by atoms with E-state index in [-0.39, 0.29) is 6.16 Å². The van der Waals surface area contributed by atoms with Gasteiger partial charge in [0.25, 0.3) is 0 Å². The van der Waals surface area contributed by atoms with Gasteiger partial charge in [-0.05, 0) is 36.5 Å². The Labute approximate surface area is 143 Å². The molecule has 24 heavy (non-hydrogen) atoms. The van der Waals surface area contributed by atoms with E-state index in [2.05, 4.69) is 31.2 Å².